The van der Waals surface area contributed by atoms with Gasteiger partial charge >= 0.3 is 0 Å². The molecule has 0 saturated heterocycles. The molecule has 0 radical (unpaired) electrons. The standard InChI is InChI=1S/C20H14ClNOS/c21-17-11-8-15(9-12-17)19(23)13-10-16-5-4-14-22(20(16)24)18-6-2-1-3-7-18/h1-14H/b13-10+. The summed E-state index contributed by atoms with van der Waals surface area (Å²) in [4.78, 5) is 12.2. The minimum absolute atomic E-state index is 0.0869. The summed E-state index contributed by atoms with van der Waals surface area (Å²) in [6.45, 7) is 0. The van der Waals surface area contributed by atoms with E-state index in [2.05, 4.69) is 0 Å². The number of carbonyl (C=O) groups excluding carboxylic acids is 1. The third-order valence-corrected chi connectivity index (χ3v) is 4.24. The van der Waals surface area contributed by atoms with Crippen LogP contribution in [0.3, 0.4) is 0 Å². The van der Waals surface area contributed by atoms with Gasteiger partial charge in [0.15, 0.2) is 5.78 Å². The Balaban J connectivity index is 1.89. The Morgan fingerprint density at radius 3 is 2.38 bits per heavy atom. The molecule has 0 unspecified atom stereocenters. The van der Waals surface area contributed by atoms with Gasteiger partial charge in [0, 0.05) is 28.0 Å². The van der Waals surface area contributed by atoms with Crippen LogP contribution in [0.2, 0.25) is 5.02 Å². The van der Waals surface area contributed by atoms with E-state index < -0.39 is 0 Å². The Morgan fingerprint density at radius 2 is 1.67 bits per heavy atom. The van der Waals surface area contributed by atoms with Gasteiger partial charge in [0.2, 0.25) is 0 Å². The quantitative estimate of drug-likeness (QED) is 0.339. The SMILES string of the molecule is O=C(/C=C/c1cccn(-c2ccccc2)c1=S)c1ccc(Cl)cc1. The molecule has 0 amide bonds. The lowest BCUT2D eigenvalue weighted by Crippen LogP contribution is -1.98. The fourth-order valence-electron chi connectivity index (χ4n) is 2.31. The number of aromatic nitrogens is 1. The highest BCUT2D eigenvalue weighted by Crippen LogP contribution is 2.14. The van der Waals surface area contributed by atoms with E-state index in [0.717, 1.165) is 11.3 Å². The van der Waals surface area contributed by atoms with Gasteiger partial charge in [-0.25, -0.2) is 0 Å². The van der Waals surface area contributed by atoms with Crippen LogP contribution >= 0.6 is 23.8 Å². The molecule has 118 valence electrons. The van der Waals surface area contributed by atoms with Gasteiger partial charge in [-0.2, -0.15) is 0 Å². The number of hydrogen-bond acceptors (Lipinski definition) is 2. The van der Waals surface area contributed by atoms with Crippen molar-refractivity contribution in [2.45, 2.75) is 0 Å². The second kappa shape index (κ2) is 7.39. The van der Waals surface area contributed by atoms with Crippen LogP contribution in [-0.4, -0.2) is 10.4 Å². The summed E-state index contributed by atoms with van der Waals surface area (Å²) < 4.78 is 2.57. The average molecular weight is 352 g/mol. The van der Waals surface area contributed by atoms with Crippen molar-refractivity contribution in [3.8, 4) is 5.69 Å². The summed E-state index contributed by atoms with van der Waals surface area (Å²) >= 11 is 11.4. The summed E-state index contributed by atoms with van der Waals surface area (Å²) in [5.41, 5.74) is 2.40. The molecule has 2 aromatic carbocycles. The topological polar surface area (TPSA) is 22.0 Å². The first-order valence-electron chi connectivity index (χ1n) is 7.40. The zero-order valence-corrected chi connectivity index (χ0v) is 14.3. The predicted molar refractivity (Wildman–Crippen MR) is 101 cm³/mol. The van der Waals surface area contributed by atoms with Crippen LogP contribution in [0, 0.1) is 4.64 Å². The Bertz CT molecular complexity index is 943. The second-order valence-corrected chi connectivity index (χ2v) is 6.00. The Kier molecular flexibility index (Phi) is 5.04. The lowest BCUT2D eigenvalue weighted by atomic mass is 10.1. The molecule has 24 heavy (non-hydrogen) atoms. The number of carbonyl (C=O) groups is 1. The summed E-state index contributed by atoms with van der Waals surface area (Å²) in [6.07, 6.45) is 5.19. The molecular weight excluding hydrogens is 338 g/mol. The van der Waals surface area contributed by atoms with Crippen LogP contribution in [0.1, 0.15) is 15.9 Å². The monoisotopic (exact) mass is 351 g/mol. The molecule has 0 fully saturated rings. The van der Waals surface area contributed by atoms with Crippen molar-refractivity contribution < 1.29 is 4.79 Å². The van der Waals surface area contributed by atoms with Crippen LogP contribution in [0.4, 0.5) is 0 Å². The number of allylic oxidation sites excluding steroid dienone is 1. The van der Waals surface area contributed by atoms with Crippen LogP contribution in [0.15, 0.2) is 79.0 Å². The van der Waals surface area contributed by atoms with Gasteiger partial charge in [-0.15, -0.1) is 0 Å². The molecular formula is C20H14ClNOS. The van der Waals surface area contributed by atoms with Crippen molar-refractivity contribution >= 4 is 35.7 Å². The van der Waals surface area contributed by atoms with E-state index in [-0.39, 0.29) is 5.78 Å². The highest BCUT2D eigenvalue weighted by molar-refractivity contribution is 7.71. The van der Waals surface area contributed by atoms with E-state index in [4.69, 9.17) is 23.8 Å². The molecule has 1 heterocycles. The van der Waals surface area contributed by atoms with Crippen molar-refractivity contribution in [3.05, 3.63) is 99.8 Å². The number of rotatable bonds is 4. The normalized spacial score (nSPS) is 10.9. The van der Waals surface area contributed by atoms with Gasteiger partial charge < -0.3 is 4.57 Å². The molecule has 1 aromatic heterocycles. The first-order chi connectivity index (χ1) is 11.6. The van der Waals surface area contributed by atoms with E-state index >= 15 is 0 Å². The molecule has 0 N–H and O–H groups in total. The lowest BCUT2D eigenvalue weighted by Gasteiger charge is -2.08. The number of halogens is 1. The third-order valence-electron chi connectivity index (χ3n) is 3.55. The van der Waals surface area contributed by atoms with Crippen LogP contribution in [0.5, 0.6) is 0 Å². The molecule has 0 spiro atoms. The molecule has 0 aliphatic rings. The summed E-state index contributed by atoms with van der Waals surface area (Å²) in [5.74, 6) is -0.0869. The predicted octanol–water partition coefficient (Wildman–Crippen LogP) is 5.76. The number of ketones is 1. The zero-order chi connectivity index (χ0) is 16.9. The average Bonchev–Trinajstić information content (AvgIpc) is 2.62. The third kappa shape index (κ3) is 3.70. The summed E-state index contributed by atoms with van der Waals surface area (Å²) in [6, 6.07) is 20.5. The molecule has 0 saturated carbocycles. The number of nitrogens with zero attached hydrogens (tertiary/aromatic N) is 1. The fourth-order valence-corrected chi connectivity index (χ4v) is 2.73. The van der Waals surface area contributed by atoms with Gasteiger partial charge in [-0.3, -0.25) is 4.79 Å². The minimum atomic E-state index is -0.0869. The van der Waals surface area contributed by atoms with E-state index in [0.29, 0.717) is 15.2 Å². The Labute approximate surface area is 150 Å². The van der Waals surface area contributed by atoms with E-state index in [1.54, 1.807) is 30.3 Å². The number of pyridine rings is 1. The Hall–Kier alpha value is -2.49. The van der Waals surface area contributed by atoms with Crippen molar-refractivity contribution in [2.75, 3.05) is 0 Å². The van der Waals surface area contributed by atoms with E-state index in [1.807, 2.05) is 53.2 Å². The molecule has 0 aliphatic carbocycles. The van der Waals surface area contributed by atoms with Gasteiger partial charge in [-0.1, -0.05) is 48.1 Å². The maximum atomic E-state index is 12.2. The maximum absolute atomic E-state index is 12.2. The molecule has 0 aliphatic heterocycles. The van der Waals surface area contributed by atoms with Crippen molar-refractivity contribution in [3.63, 3.8) is 0 Å². The van der Waals surface area contributed by atoms with Crippen LogP contribution < -0.4 is 0 Å². The minimum Gasteiger partial charge on any atom is -0.308 e. The van der Waals surface area contributed by atoms with Gasteiger partial charge in [0.25, 0.3) is 0 Å². The second-order valence-electron chi connectivity index (χ2n) is 5.18. The van der Waals surface area contributed by atoms with E-state index in [9.17, 15) is 4.79 Å². The number of hydrogen-bond donors (Lipinski definition) is 0. The zero-order valence-electron chi connectivity index (χ0n) is 12.7. The molecule has 3 aromatic rings. The highest BCUT2D eigenvalue weighted by atomic mass is 35.5. The Morgan fingerprint density at radius 1 is 0.958 bits per heavy atom. The van der Waals surface area contributed by atoms with Crippen LogP contribution in [-0.2, 0) is 0 Å². The van der Waals surface area contributed by atoms with E-state index in [1.165, 1.54) is 6.08 Å². The first-order valence-corrected chi connectivity index (χ1v) is 8.19. The lowest BCUT2D eigenvalue weighted by molar-refractivity contribution is 0.104. The summed E-state index contributed by atoms with van der Waals surface area (Å²) in [7, 11) is 0. The van der Waals surface area contributed by atoms with Crippen molar-refractivity contribution in [1.29, 1.82) is 0 Å². The van der Waals surface area contributed by atoms with Crippen molar-refractivity contribution in [2.24, 2.45) is 0 Å². The first kappa shape index (κ1) is 16.4. The molecule has 2 nitrogen and oxygen atoms in total. The van der Waals surface area contributed by atoms with Gasteiger partial charge in [0.1, 0.15) is 4.64 Å². The summed E-state index contributed by atoms with van der Waals surface area (Å²) in [5, 5.41) is 0.607. The maximum Gasteiger partial charge on any atom is 0.185 e. The smallest absolute Gasteiger partial charge is 0.185 e. The fraction of sp³-hybridized carbons (Fsp3) is 0. The molecule has 4 heteroatoms. The van der Waals surface area contributed by atoms with Gasteiger partial charge in [0.05, 0.1) is 0 Å². The van der Waals surface area contributed by atoms with Crippen molar-refractivity contribution in [1.82, 2.24) is 4.57 Å². The largest absolute Gasteiger partial charge is 0.308 e. The van der Waals surface area contributed by atoms with Crippen LogP contribution in [0.25, 0.3) is 11.8 Å². The molecule has 0 bridgehead atoms. The molecule has 0 atom stereocenters. The molecule has 3 rings (SSSR count). The van der Waals surface area contributed by atoms with Gasteiger partial charge in [-0.05, 0) is 54.6 Å². The highest BCUT2D eigenvalue weighted by Gasteiger charge is 2.03. The number of benzene rings is 2. The number of para-hydroxylation sites is 1.